The van der Waals surface area contributed by atoms with E-state index >= 15 is 0 Å². The molecule has 0 bridgehead atoms. The predicted octanol–water partition coefficient (Wildman–Crippen LogP) is 3.64. The first-order chi connectivity index (χ1) is 10.5. The van der Waals surface area contributed by atoms with Gasteiger partial charge in [0.05, 0.1) is 4.92 Å². The predicted molar refractivity (Wildman–Crippen MR) is 94.0 cm³/mol. The molecule has 2 aromatic carbocycles. The minimum absolute atomic E-state index is 0.127. The molecule has 0 aliphatic carbocycles. The van der Waals surface area contributed by atoms with Crippen LogP contribution in [0, 0.1) is 13.7 Å². The van der Waals surface area contributed by atoms with Crippen LogP contribution in [0.2, 0.25) is 0 Å². The Morgan fingerprint density at radius 1 is 1.23 bits per heavy atom. The standard InChI is InChI=1S/C15H14IN3O3/c1-10(17-12-6-4-5-11(16)9-12)15(20)18-13-7-2-3-8-14(13)19(21)22/h2-10,17H,1H3,(H,18,20). The summed E-state index contributed by atoms with van der Waals surface area (Å²) in [6.45, 7) is 1.70. The third-order valence-electron chi connectivity index (χ3n) is 2.96. The van der Waals surface area contributed by atoms with Gasteiger partial charge in [-0.15, -0.1) is 0 Å². The van der Waals surface area contributed by atoms with Crippen molar-refractivity contribution in [2.75, 3.05) is 10.6 Å². The number of carbonyl (C=O) groups excluding carboxylic acids is 1. The van der Waals surface area contributed by atoms with E-state index in [-0.39, 0.29) is 17.3 Å². The maximum Gasteiger partial charge on any atom is 0.292 e. The van der Waals surface area contributed by atoms with E-state index < -0.39 is 11.0 Å². The molecule has 7 heteroatoms. The molecule has 0 heterocycles. The van der Waals surface area contributed by atoms with Gasteiger partial charge in [-0.2, -0.15) is 0 Å². The molecule has 6 nitrogen and oxygen atoms in total. The Hall–Kier alpha value is -2.16. The second kappa shape index (κ2) is 7.21. The molecule has 0 saturated heterocycles. The second-order valence-electron chi connectivity index (χ2n) is 4.64. The van der Waals surface area contributed by atoms with Crippen molar-refractivity contribution in [3.63, 3.8) is 0 Å². The van der Waals surface area contributed by atoms with Crippen LogP contribution in [0.1, 0.15) is 6.92 Å². The molecule has 0 fully saturated rings. The number of nitrogens with one attached hydrogen (secondary N) is 2. The first-order valence-corrected chi connectivity index (χ1v) is 7.61. The fourth-order valence-corrected chi connectivity index (χ4v) is 2.42. The first-order valence-electron chi connectivity index (χ1n) is 6.54. The van der Waals surface area contributed by atoms with E-state index in [9.17, 15) is 14.9 Å². The summed E-state index contributed by atoms with van der Waals surface area (Å²) < 4.78 is 1.05. The minimum atomic E-state index is -0.530. The summed E-state index contributed by atoms with van der Waals surface area (Å²) in [5.74, 6) is -0.340. The Labute approximate surface area is 141 Å². The van der Waals surface area contributed by atoms with Gasteiger partial charge < -0.3 is 10.6 Å². The summed E-state index contributed by atoms with van der Waals surface area (Å²) in [7, 11) is 0. The summed E-state index contributed by atoms with van der Waals surface area (Å²) in [4.78, 5) is 22.6. The molecular weight excluding hydrogens is 397 g/mol. The Kier molecular flexibility index (Phi) is 5.31. The number of nitrogens with zero attached hydrogens (tertiary/aromatic N) is 1. The lowest BCUT2D eigenvalue weighted by atomic mass is 10.2. The van der Waals surface area contributed by atoms with Gasteiger partial charge in [0.2, 0.25) is 5.91 Å². The lowest BCUT2D eigenvalue weighted by Crippen LogP contribution is -2.32. The van der Waals surface area contributed by atoms with E-state index in [1.54, 1.807) is 19.1 Å². The van der Waals surface area contributed by atoms with Crippen molar-refractivity contribution in [1.29, 1.82) is 0 Å². The normalized spacial score (nSPS) is 11.5. The number of nitro groups is 1. The third-order valence-corrected chi connectivity index (χ3v) is 3.63. The molecule has 114 valence electrons. The van der Waals surface area contributed by atoms with Gasteiger partial charge in [0.15, 0.2) is 0 Å². The van der Waals surface area contributed by atoms with Crippen molar-refractivity contribution < 1.29 is 9.72 Å². The molecule has 2 N–H and O–H groups in total. The van der Waals surface area contributed by atoms with Crippen LogP contribution in [0.3, 0.4) is 0 Å². The van der Waals surface area contributed by atoms with Crippen molar-refractivity contribution in [1.82, 2.24) is 0 Å². The number of para-hydroxylation sites is 2. The molecule has 2 rings (SSSR count). The van der Waals surface area contributed by atoms with Crippen LogP contribution < -0.4 is 10.6 Å². The fraction of sp³-hybridized carbons (Fsp3) is 0.133. The molecule has 1 unspecified atom stereocenters. The number of amides is 1. The summed E-state index contributed by atoms with van der Waals surface area (Å²) in [5.41, 5.74) is 0.878. The van der Waals surface area contributed by atoms with Crippen molar-refractivity contribution >= 4 is 45.6 Å². The Morgan fingerprint density at radius 3 is 2.64 bits per heavy atom. The maximum atomic E-state index is 12.2. The molecule has 0 radical (unpaired) electrons. The maximum absolute atomic E-state index is 12.2. The van der Waals surface area contributed by atoms with Gasteiger partial charge in [-0.25, -0.2) is 0 Å². The number of carbonyl (C=O) groups is 1. The SMILES string of the molecule is CC(Nc1cccc(I)c1)C(=O)Nc1ccccc1[N+](=O)[O-]. The van der Waals surface area contributed by atoms with Gasteiger partial charge >= 0.3 is 0 Å². The lowest BCUT2D eigenvalue weighted by molar-refractivity contribution is -0.383. The zero-order valence-electron chi connectivity index (χ0n) is 11.7. The number of hydrogen-bond donors (Lipinski definition) is 2. The summed E-state index contributed by atoms with van der Waals surface area (Å²) in [6.07, 6.45) is 0. The molecule has 0 aliphatic rings. The average Bonchev–Trinajstić information content (AvgIpc) is 2.47. The van der Waals surface area contributed by atoms with Gasteiger partial charge in [-0.05, 0) is 53.8 Å². The van der Waals surface area contributed by atoms with Crippen LogP contribution in [-0.2, 0) is 4.79 Å². The van der Waals surface area contributed by atoms with E-state index in [1.165, 1.54) is 12.1 Å². The smallest absolute Gasteiger partial charge is 0.292 e. The van der Waals surface area contributed by atoms with Gasteiger partial charge in [0.25, 0.3) is 5.69 Å². The molecule has 0 saturated carbocycles. The van der Waals surface area contributed by atoms with Gasteiger partial charge in [-0.3, -0.25) is 14.9 Å². The Balaban J connectivity index is 2.07. The van der Waals surface area contributed by atoms with Crippen molar-refractivity contribution in [2.24, 2.45) is 0 Å². The van der Waals surface area contributed by atoms with Crippen molar-refractivity contribution in [3.8, 4) is 0 Å². The molecule has 0 spiro atoms. The van der Waals surface area contributed by atoms with E-state index in [0.29, 0.717) is 0 Å². The highest BCUT2D eigenvalue weighted by Gasteiger charge is 2.18. The summed E-state index contributed by atoms with van der Waals surface area (Å²) in [5, 5.41) is 16.6. The van der Waals surface area contributed by atoms with Crippen LogP contribution in [0.25, 0.3) is 0 Å². The van der Waals surface area contributed by atoms with Crippen LogP contribution in [-0.4, -0.2) is 16.9 Å². The number of nitro benzene ring substituents is 1. The van der Waals surface area contributed by atoms with Gasteiger partial charge in [-0.1, -0.05) is 18.2 Å². The molecule has 22 heavy (non-hydrogen) atoms. The minimum Gasteiger partial charge on any atom is -0.374 e. The van der Waals surface area contributed by atoms with Crippen LogP contribution >= 0.6 is 22.6 Å². The molecule has 0 aromatic heterocycles. The number of halogens is 1. The highest BCUT2D eigenvalue weighted by molar-refractivity contribution is 14.1. The quantitative estimate of drug-likeness (QED) is 0.447. The van der Waals surface area contributed by atoms with E-state index in [2.05, 4.69) is 33.2 Å². The first kappa shape index (κ1) is 16.2. The third kappa shape index (κ3) is 4.17. The van der Waals surface area contributed by atoms with Gasteiger partial charge in [0.1, 0.15) is 11.7 Å². The van der Waals surface area contributed by atoms with E-state index in [0.717, 1.165) is 9.26 Å². The highest BCUT2D eigenvalue weighted by Crippen LogP contribution is 2.23. The monoisotopic (exact) mass is 411 g/mol. The molecule has 1 amide bonds. The number of rotatable bonds is 5. The summed E-state index contributed by atoms with van der Waals surface area (Å²) in [6, 6.07) is 13.1. The highest BCUT2D eigenvalue weighted by atomic mass is 127. The fourth-order valence-electron chi connectivity index (χ4n) is 1.87. The van der Waals surface area contributed by atoms with Gasteiger partial charge in [0, 0.05) is 15.3 Å². The summed E-state index contributed by atoms with van der Waals surface area (Å²) >= 11 is 2.18. The Morgan fingerprint density at radius 2 is 1.95 bits per heavy atom. The average molecular weight is 411 g/mol. The van der Waals surface area contributed by atoms with E-state index in [4.69, 9.17) is 0 Å². The van der Waals surface area contributed by atoms with Crippen LogP contribution in [0.5, 0.6) is 0 Å². The number of hydrogen-bond acceptors (Lipinski definition) is 4. The zero-order valence-corrected chi connectivity index (χ0v) is 13.9. The molecular formula is C15H14IN3O3. The second-order valence-corrected chi connectivity index (χ2v) is 5.89. The topological polar surface area (TPSA) is 84.3 Å². The largest absolute Gasteiger partial charge is 0.374 e. The van der Waals surface area contributed by atoms with Crippen LogP contribution in [0.15, 0.2) is 48.5 Å². The van der Waals surface area contributed by atoms with Crippen molar-refractivity contribution in [2.45, 2.75) is 13.0 Å². The molecule has 1 atom stereocenters. The van der Waals surface area contributed by atoms with E-state index in [1.807, 2.05) is 24.3 Å². The molecule has 0 aliphatic heterocycles. The zero-order chi connectivity index (χ0) is 16.1. The number of anilines is 2. The number of benzene rings is 2. The Bertz CT molecular complexity index is 706. The van der Waals surface area contributed by atoms with Crippen LogP contribution in [0.4, 0.5) is 17.1 Å². The van der Waals surface area contributed by atoms with Crippen molar-refractivity contribution in [3.05, 3.63) is 62.2 Å². The lowest BCUT2D eigenvalue weighted by Gasteiger charge is -2.15. The molecule has 2 aromatic rings.